The quantitative estimate of drug-likeness (QED) is 0.738. The fourth-order valence-electron chi connectivity index (χ4n) is 3.01. The molecule has 0 N–H and O–H groups in total. The van der Waals surface area contributed by atoms with Crippen LogP contribution in [0.2, 0.25) is 0 Å². The van der Waals surface area contributed by atoms with Crippen molar-refractivity contribution in [2.75, 3.05) is 0 Å². The normalized spacial score (nSPS) is 22.7. The number of benzene rings is 1. The Morgan fingerprint density at radius 1 is 1.26 bits per heavy atom. The van der Waals surface area contributed by atoms with Crippen LogP contribution in [0.15, 0.2) is 30.3 Å². The molecule has 0 bridgehead atoms. The van der Waals surface area contributed by atoms with Crippen LogP contribution in [-0.2, 0) is 9.53 Å². The van der Waals surface area contributed by atoms with Crippen molar-refractivity contribution in [3.63, 3.8) is 0 Å². The van der Waals surface area contributed by atoms with Gasteiger partial charge in [0.1, 0.15) is 0 Å². The molecule has 1 saturated carbocycles. The highest BCUT2D eigenvalue weighted by atomic mass is 16.5. The predicted octanol–water partition coefficient (Wildman–Crippen LogP) is 4.30. The average Bonchev–Trinajstić information content (AvgIpc) is 2.85. The molecule has 2 nitrogen and oxygen atoms in total. The van der Waals surface area contributed by atoms with Gasteiger partial charge in [0.05, 0.1) is 6.10 Å². The summed E-state index contributed by atoms with van der Waals surface area (Å²) < 4.78 is 5.18. The van der Waals surface area contributed by atoms with Gasteiger partial charge in [-0.25, -0.2) is 0 Å². The summed E-state index contributed by atoms with van der Waals surface area (Å²) in [6.45, 7) is 3.80. The molecule has 0 aromatic heterocycles. The summed E-state index contributed by atoms with van der Waals surface area (Å²) in [4.78, 5) is 11.5. The van der Waals surface area contributed by atoms with Crippen molar-refractivity contribution < 1.29 is 9.53 Å². The third-order valence-electron chi connectivity index (χ3n) is 3.94. The second-order valence-corrected chi connectivity index (χ2v) is 5.86. The second-order valence-electron chi connectivity index (χ2n) is 5.86. The number of rotatable bonds is 5. The van der Waals surface area contributed by atoms with E-state index >= 15 is 0 Å². The van der Waals surface area contributed by atoms with E-state index in [-0.39, 0.29) is 12.1 Å². The van der Waals surface area contributed by atoms with Crippen LogP contribution in [0.1, 0.15) is 57.4 Å². The molecule has 1 aliphatic rings. The van der Waals surface area contributed by atoms with Crippen LogP contribution in [0.25, 0.3) is 0 Å². The van der Waals surface area contributed by atoms with Crippen LogP contribution in [0.4, 0.5) is 0 Å². The molecule has 2 unspecified atom stereocenters. The first-order valence-electron chi connectivity index (χ1n) is 7.39. The first kappa shape index (κ1) is 14.1. The van der Waals surface area contributed by atoms with Gasteiger partial charge in [-0.2, -0.15) is 0 Å². The maximum absolute atomic E-state index is 11.5. The van der Waals surface area contributed by atoms with E-state index in [4.69, 9.17) is 4.74 Å². The lowest BCUT2D eigenvalue weighted by Gasteiger charge is -2.12. The predicted molar refractivity (Wildman–Crippen MR) is 77.0 cm³/mol. The number of esters is 1. The van der Waals surface area contributed by atoms with Crippen molar-refractivity contribution in [1.29, 1.82) is 0 Å². The van der Waals surface area contributed by atoms with E-state index in [1.807, 2.05) is 13.8 Å². The Labute approximate surface area is 116 Å². The highest BCUT2D eigenvalue weighted by molar-refractivity contribution is 5.69. The van der Waals surface area contributed by atoms with Crippen LogP contribution >= 0.6 is 0 Å². The highest BCUT2D eigenvalue weighted by Gasteiger charge is 2.26. The maximum Gasteiger partial charge on any atom is 0.306 e. The van der Waals surface area contributed by atoms with Gasteiger partial charge in [0, 0.05) is 6.42 Å². The van der Waals surface area contributed by atoms with E-state index < -0.39 is 0 Å². The fraction of sp³-hybridized carbons (Fsp3) is 0.588. The van der Waals surface area contributed by atoms with E-state index in [0.29, 0.717) is 18.3 Å². The summed E-state index contributed by atoms with van der Waals surface area (Å²) in [5, 5.41) is 0. The Hall–Kier alpha value is -1.31. The van der Waals surface area contributed by atoms with Gasteiger partial charge in [0.2, 0.25) is 0 Å². The van der Waals surface area contributed by atoms with Crippen LogP contribution < -0.4 is 0 Å². The van der Waals surface area contributed by atoms with Gasteiger partial charge in [0.25, 0.3) is 0 Å². The topological polar surface area (TPSA) is 26.3 Å². The number of hydrogen-bond donors (Lipinski definition) is 0. The highest BCUT2D eigenvalue weighted by Crippen LogP contribution is 2.40. The van der Waals surface area contributed by atoms with Crippen LogP contribution in [-0.4, -0.2) is 12.1 Å². The van der Waals surface area contributed by atoms with Crippen LogP contribution in [0.5, 0.6) is 0 Å². The molecule has 0 saturated heterocycles. The van der Waals surface area contributed by atoms with E-state index in [1.165, 1.54) is 24.8 Å². The van der Waals surface area contributed by atoms with E-state index in [1.54, 1.807) is 0 Å². The summed E-state index contributed by atoms with van der Waals surface area (Å²) >= 11 is 0. The van der Waals surface area contributed by atoms with Crippen LogP contribution in [0, 0.1) is 5.92 Å². The summed E-state index contributed by atoms with van der Waals surface area (Å²) in [6, 6.07) is 10.7. The first-order valence-corrected chi connectivity index (χ1v) is 7.39. The Kier molecular flexibility index (Phi) is 5.00. The Morgan fingerprint density at radius 2 is 2.00 bits per heavy atom. The van der Waals surface area contributed by atoms with Crippen molar-refractivity contribution in [3.8, 4) is 0 Å². The van der Waals surface area contributed by atoms with Gasteiger partial charge in [-0.1, -0.05) is 30.3 Å². The van der Waals surface area contributed by atoms with Crippen molar-refractivity contribution in [2.24, 2.45) is 5.92 Å². The summed E-state index contributed by atoms with van der Waals surface area (Å²) in [7, 11) is 0. The molecule has 0 amide bonds. The minimum atomic E-state index is -0.0434. The van der Waals surface area contributed by atoms with Crippen LogP contribution in [0.3, 0.4) is 0 Å². The lowest BCUT2D eigenvalue weighted by molar-refractivity contribution is -0.147. The number of hydrogen-bond acceptors (Lipinski definition) is 2. The molecular formula is C17H24O2. The largest absolute Gasteiger partial charge is 0.463 e. The zero-order valence-corrected chi connectivity index (χ0v) is 12.0. The molecule has 0 spiro atoms. The molecule has 104 valence electrons. The molecule has 1 aliphatic carbocycles. The molecule has 0 heterocycles. The Morgan fingerprint density at radius 3 is 2.68 bits per heavy atom. The SMILES string of the molecule is CC(C)OC(=O)CCC1CCC(c2ccccc2)C1. The minimum absolute atomic E-state index is 0.00754. The molecule has 0 radical (unpaired) electrons. The Bertz CT molecular complexity index is 397. The zero-order chi connectivity index (χ0) is 13.7. The van der Waals surface area contributed by atoms with Gasteiger partial charge >= 0.3 is 5.97 Å². The number of carbonyl (C=O) groups excluding carboxylic acids is 1. The average molecular weight is 260 g/mol. The molecule has 2 rings (SSSR count). The van der Waals surface area contributed by atoms with E-state index in [0.717, 1.165) is 6.42 Å². The lowest BCUT2D eigenvalue weighted by Crippen LogP contribution is -2.12. The van der Waals surface area contributed by atoms with Gasteiger partial charge in [-0.05, 0) is 56.9 Å². The third kappa shape index (κ3) is 4.38. The molecule has 1 aromatic carbocycles. The molecule has 19 heavy (non-hydrogen) atoms. The van der Waals surface area contributed by atoms with Crippen molar-refractivity contribution in [1.82, 2.24) is 0 Å². The molecule has 1 fully saturated rings. The smallest absolute Gasteiger partial charge is 0.306 e. The van der Waals surface area contributed by atoms with Gasteiger partial charge in [-0.15, -0.1) is 0 Å². The molecule has 2 atom stereocenters. The maximum atomic E-state index is 11.5. The van der Waals surface area contributed by atoms with Crippen molar-refractivity contribution in [2.45, 2.75) is 58.0 Å². The van der Waals surface area contributed by atoms with E-state index in [9.17, 15) is 4.79 Å². The standard InChI is InChI=1S/C17H24O2/c1-13(2)19-17(18)11-9-14-8-10-16(12-14)15-6-4-3-5-7-15/h3-7,13-14,16H,8-12H2,1-2H3. The van der Waals surface area contributed by atoms with Crippen molar-refractivity contribution >= 4 is 5.97 Å². The lowest BCUT2D eigenvalue weighted by atomic mass is 9.95. The Balaban J connectivity index is 1.75. The molecule has 1 aromatic rings. The molecule has 0 aliphatic heterocycles. The summed E-state index contributed by atoms with van der Waals surface area (Å²) in [5.41, 5.74) is 1.45. The third-order valence-corrected chi connectivity index (χ3v) is 3.94. The molecular weight excluding hydrogens is 236 g/mol. The van der Waals surface area contributed by atoms with Gasteiger partial charge < -0.3 is 4.74 Å². The van der Waals surface area contributed by atoms with E-state index in [2.05, 4.69) is 30.3 Å². The van der Waals surface area contributed by atoms with Gasteiger partial charge in [0.15, 0.2) is 0 Å². The number of ether oxygens (including phenoxy) is 1. The van der Waals surface area contributed by atoms with Gasteiger partial charge in [-0.3, -0.25) is 4.79 Å². The first-order chi connectivity index (χ1) is 9.15. The molecule has 2 heteroatoms. The minimum Gasteiger partial charge on any atom is -0.463 e. The summed E-state index contributed by atoms with van der Waals surface area (Å²) in [5.74, 6) is 1.33. The van der Waals surface area contributed by atoms with Crippen molar-refractivity contribution in [3.05, 3.63) is 35.9 Å². The monoisotopic (exact) mass is 260 g/mol. The number of carbonyl (C=O) groups is 1. The summed E-state index contributed by atoms with van der Waals surface area (Å²) in [6.07, 6.45) is 5.29. The zero-order valence-electron chi connectivity index (χ0n) is 12.0. The second kappa shape index (κ2) is 6.74. The fourth-order valence-corrected chi connectivity index (χ4v) is 3.01.